The van der Waals surface area contributed by atoms with Gasteiger partial charge in [-0.05, 0) is 31.1 Å². The summed E-state index contributed by atoms with van der Waals surface area (Å²) in [5.74, 6) is -3.06. The van der Waals surface area contributed by atoms with E-state index in [2.05, 4.69) is 0 Å². The fraction of sp³-hybridized carbons (Fsp3) is 0.692. The predicted molar refractivity (Wildman–Crippen MR) is 63.6 cm³/mol. The van der Waals surface area contributed by atoms with Crippen molar-refractivity contribution >= 4 is 11.9 Å². The zero-order chi connectivity index (χ0) is 13.1. The zero-order valence-electron chi connectivity index (χ0n) is 10.3. The molecule has 1 aliphatic rings. The molecular weight excluding hydrogens is 220 g/mol. The SMILES string of the molecule is CCC(C)C(C(=O)O)(C(=O)O)C1CC=CCC1. The summed E-state index contributed by atoms with van der Waals surface area (Å²) in [7, 11) is 0. The van der Waals surface area contributed by atoms with Crippen LogP contribution in [0.3, 0.4) is 0 Å². The molecule has 2 atom stereocenters. The lowest BCUT2D eigenvalue weighted by Crippen LogP contribution is -2.50. The highest BCUT2D eigenvalue weighted by Crippen LogP contribution is 2.44. The Morgan fingerprint density at radius 2 is 1.94 bits per heavy atom. The average Bonchev–Trinajstić information content (AvgIpc) is 2.30. The third kappa shape index (κ3) is 2.21. The van der Waals surface area contributed by atoms with Crippen molar-refractivity contribution in [3.63, 3.8) is 0 Å². The van der Waals surface area contributed by atoms with E-state index in [4.69, 9.17) is 0 Å². The highest BCUT2D eigenvalue weighted by Gasteiger charge is 2.55. The standard InChI is InChI=1S/C13H20O4/c1-3-9(2)13(11(14)15,12(16)17)10-7-5-4-6-8-10/h4-5,9-10H,3,6-8H2,1-2H3,(H,14,15)(H,16,17). The van der Waals surface area contributed by atoms with Crippen molar-refractivity contribution in [1.82, 2.24) is 0 Å². The number of rotatable bonds is 5. The van der Waals surface area contributed by atoms with Crippen LogP contribution < -0.4 is 0 Å². The summed E-state index contributed by atoms with van der Waals surface area (Å²) in [6, 6.07) is 0. The maximum atomic E-state index is 11.6. The van der Waals surface area contributed by atoms with E-state index in [1.54, 1.807) is 6.92 Å². The summed E-state index contributed by atoms with van der Waals surface area (Å²) < 4.78 is 0. The second kappa shape index (κ2) is 5.34. The maximum Gasteiger partial charge on any atom is 0.321 e. The highest BCUT2D eigenvalue weighted by atomic mass is 16.4. The molecule has 0 fully saturated rings. The van der Waals surface area contributed by atoms with Gasteiger partial charge in [0.05, 0.1) is 0 Å². The van der Waals surface area contributed by atoms with Crippen molar-refractivity contribution in [3.05, 3.63) is 12.2 Å². The topological polar surface area (TPSA) is 74.6 Å². The zero-order valence-corrected chi connectivity index (χ0v) is 10.3. The van der Waals surface area contributed by atoms with Crippen molar-refractivity contribution in [1.29, 1.82) is 0 Å². The van der Waals surface area contributed by atoms with Crippen LogP contribution in [0.25, 0.3) is 0 Å². The summed E-state index contributed by atoms with van der Waals surface area (Å²) in [4.78, 5) is 23.1. The molecule has 1 rings (SSSR count). The quantitative estimate of drug-likeness (QED) is 0.572. The lowest BCUT2D eigenvalue weighted by molar-refractivity contribution is -0.175. The summed E-state index contributed by atoms with van der Waals surface area (Å²) in [5.41, 5.74) is -1.64. The third-order valence-corrected chi connectivity index (χ3v) is 4.01. The van der Waals surface area contributed by atoms with Gasteiger partial charge in [-0.25, -0.2) is 0 Å². The molecule has 17 heavy (non-hydrogen) atoms. The van der Waals surface area contributed by atoms with Gasteiger partial charge < -0.3 is 10.2 Å². The van der Waals surface area contributed by atoms with Gasteiger partial charge in [0.2, 0.25) is 0 Å². The Morgan fingerprint density at radius 1 is 1.35 bits per heavy atom. The van der Waals surface area contributed by atoms with Gasteiger partial charge in [0.25, 0.3) is 0 Å². The number of hydrogen-bond donors (Lipinski definition) is 2. The van der Waals surface area contributed by atoms with E-state index >= 15 is 0 Å². The van der Waals surface area contributed by atoms with Gasteiger partial charge in [0.15, 0.2) is 5.41 Å². The molecule has 0 bridgehead atoms. The first-order chi connectivity index (χ1) is 7.97. The fourth-order valence-electron chi connectivity index (χ4n) is 2.79. The van der Waals surface area contributed by atoms with Crippen LogP contribution in [-0.4, -0.2) is 22.2 Å². The van der Waals surface area contributed by atoms with Gasteiger partial charge in [-0.15, -0.1) is 0 Å². The number of hydrogen-bond acceptors (Lipinski definition) is 2. The van der Waals surface area contributed by atoms with Gasteiger partial charge in [0, 0.05) is 0 Å². The van der Waals surface area contributed by atoms with Gasteiger partial charge in [-0.2, -0.15) is 0 Å². The van der Waals surface area contributed by atoms with Gasteiger partial charge >= 0.3 is 11.9 Å². The molecule has 0 aromatic heterocycles. The molecule has 0 heterocycles. The number of aliphatic carboxylic acids is 2. The van der Waals surface area contributed by atoms with E-state index in [1.165, 1.54) is 0 Å². The van der Waals surface area contributed by atoms with Crippen molar-refractivity contribution in [2.75, 3.05) is 0 Å². The summed E-state index contributed by atoms with van der Waals surface area (Å²) in [5, 5.41) is 18.9. The Balaban J connectivity index is 3.18. The average molecular weight is 240 g/mol. The lowest BCUT2D eigenvalue weighted by atomic mass is 9.62. The normalized spacial score (nSPS) is 22.1. The van der Waals surface area contributed by atoms with Gasteiger partial charge in [-0.1, -0.05) is 32.4 Å². The molecule has 0 aromatic carbocycles. The molecule has 0 aliphatic heterocycles. The molecule has 0 amide bonds. The van der Waals surface area contributed by atoms with E-state index < -0.39 is 17.4 Å². The summed E-state index contributed by atoms with van der Waals surface area (Å²) in [6.45, 7) is 3.56. The number of carbonyl (C=O) groups is 2. The van der Waals surface area contributed by atoms with Gasteiger partial charge in [0.1, 0.15) is 0 Å². The predicted octanol–water partition coefficient (Wildman–Crippen LogP) is 2.54. The van der Waals surface area contributed by atoms with Crippen molar-refractivity contribution in [3.8, 4) is 0 Å². The molecule has 4 nitrogen and oxygen atoms in total. The maximum absolute atomic E-state index is 11.6. The molecule has 4 heteroatoms. The van der Waals surface area contributed by atoms with Crippen LogP contribution in [0.15, 0.2) is 12.2 Å². The second-order valence-electron chi connectivity index (χ2n) is 4.77. The minimum atomic E-state index is -1.64. The van der Waals surface area contributed by atoms with Crippen molar-refractivity contribution in [2.24, 2.45) is 17.3 Å². The van der Waals surface area contributed by atoms with E-state index in [9.17, 15) is 19.8 Å². The number of carboxylic acids is 2. The highest BCUT2D eigenvalue weighted by molar-refractivity contribution is 5.99. The molecule has 96 valence electrons. The molecule has 2 unspecified atom stereocenters. The molecule has 0 saturated carbocycles. The minimum Gasteiger partial charge on any atom is -0.480 e. The Labute approximate surface area is 101 Å². The third-order valence-electron chi connectivity index (χ3n) is 4.01. The van der Waals surface area contributed by atoms with Crippen molar-refractivity contribution in [2.45, 2.75) is 39.5 Å². The van der Waals surface area contributed by atoms with Crippen LogP contribution in [0.1, 0.15) is 39.5 Å². The van der Waals surface area contributed by atoms with Crippen LogP contribution in [0.2, 0.25) is 0 Å². The van der Waals surface area contributed by atoms with Crippen LogP contribution in [-0.2, 0) is 9.59 Å². The van der Waals surface area contributed by atoms with E-state index in [-0.39, 0.29) is 11.8 Å². The molecule has 0 saturated heterocycles. The van der Waals surface area contributed by atoms with E-state index in [1.807, 2.05) is 19.1 Å². The molecule has 0 radical (unpaired) electrons. The van der Waals surface area contributed by atoms with Crippen molar-refractivity contribution < 1.29 is 19.8 Å². The van der Waals surface area contributed by atoms with Crippen LogP contribution in [0.4, 0.5) is 0 Å². The summed E-state index contributed by atoms with van der Waals surface area (Å²) in [6.07, 6.45) is 6.39. The molecule has 2 N–H and O–H groups in total. The monoisotopic (exact) mass is 240 g/mol. The Hall–Kier alpha value is -1.32. The largest absolute Gasteiger partial charge is 0.480 e. The van der Waals surface area contributed by atoms with Gasteiger partial charge in [-0.3, -0.25) is 9.59 Å². The minimum absolute atomic E-state index is 0.308. The Kier molecular flexibility index (Phi) is 4.32. The summed E-state index contributed by atoms with van der Waals surface area (Å²) >= 11 is 0. The number of allylic oxidation sites excluding steroid dienone is 2. The Morgan fingerprint density at radius 3 is 2.29 bits per heavy atom. The second-order valence-corrected chi connectivity index (χ2v) is 4.77. The molecular formula is C13H20O4. The Bertz CT molecular complexity index is 318. The number of carboxylic acid groups (broad SMARTS) is 2. The lowest BCUT2D eigenvalue weighted by Gasteiger charge is -2.38. The molecule has 0 aromatic rings. The first-order valence-corrected chi connectivity index (χ1v) is 6.09. The van der Waals surface area contributed by atoms with Crippen LogP contribution in [0.5, 0.6) is 0 Å². The van der Waals surface area contributed by atoms with E-state index in [0.717, 1.165) is 6.42 Å². The molecule has 1 aliphatic carbocycles. The molecule has 0 spiro atoms. The van der Waals surface area contributed by atoms with Crippen LogP contribution in [0, 0.1) is 17.3 Å². The fourth-order valence-corrected chi connectivity index (χ4v) is 2.79. The smallest absolute Gasteiger partial charge is 0.321 e. The van der Waals surface area contributed by atoms with Crippen LogP contribution >= 0.6 is 0 Å². The van der Waals surface area contributed by atoms with E-state index in [0.29, 0.717) is 19.3 Å². The first-order valence-electron chi connectivity index (χ1n) is 6.09. The first kappa shape index (κ1) is 13.7.